The van der Waals surface area contributed by atoms with E-state index in [4.69, 9.17) is 14.0 Å². The van der Waals surface area contributed by atoms with Crippen molar-refractivity contribution >= 4 is 25.3 Å². The number of aromatic carboxylic acids is 1. The van der Waals surface area contributed by atoms with Crippen LogP contribution < -0.4 is 5.32 Å². The maximum Gasteiger partial charge on any atom is 0.492 e. The van der Waals surface area contributed by atoms with Crippen LogP contribution in [-0.2, 0) is 14.0 Å². The van der Waals surface area contributed by atoms with Gasteiger partial charge >= 0.3 is 19.2 Å². The molecule has 0 radical (unpaired) electrons. The highest BCUT2D eigenvalue weighted by Gasteiger charge is 2.52. The Morgan fingerprint density at radius 2 is 1.56 bits per heavy atom. The van der Waals surface area contributed by atoms with Gasteiger partial charge in [-0.1, -0.05) is 60.7 Å². The zero-order valence-corrected chi connectivity index (χ0v) is 22.4. The summed E-state index contributed by atoms with van der Waals surface area (Å²) in [7, 11) is -0.800. The van der Waals surface area contributed by atoms with Crippen molar-refractivity contribution in [1.82, 2.24) is 10.3 Å². The van der Waals surface area contributed by atoms with E-state index in [1.807, 2.05) is 52.0 Å². The molecule has 1 aliphatic carbocycles. The van der Waals surface area contributed by atoms with Gasteiger partial charge in [0.25, 0.3) is 0 Å². The Labute approximate surface area is 228 Å². The third kappa shape index (κ3) is 5.20. The van der Waals surface area contributed by atoms with Gasteiger partial charge in [0, 0.05) is 24.2 Å². The van der Waals surface area contributed by atoms with Crippen molar-refractivity contribution < 1.29 is 28.7 Å². The number of pyridine rings is 1. The number of hydrogen-bond acceptors (Lipinski definition) is 6. The molecule has 0 spiro atoms. The average Bonchev–Trinajstić information content (AvgIpc) is 3.34. The van der Waals surface area contributed by atoms with Crippen molar-refractivity contribution in [2.75, 3.05) is 13.2 Å². The van der Waals surface area contributed by atoms with Crippen molar-refractivity contribution in [2.45, 2.75) is 44.8 Å². The molecule has 2 N–H and O–H groups in total. The van der Waals surface area contributed by atoms with Crippen molar-refractivity contribution in [1.29, 1.82) is 0 Å². The van der Waals surface area contributed by atoms with Gasteiger partial charge in [0.1, 0.15) is 6.61 Å². The number of carboxylic acids is 1. The predicted molar refractivity (Wildman–Crippen MR) is 148 cm³/mol. The van der Waals surface area contributed by atoms with Gasteiger partial charge in [-0.2, -0.15) is 0 Å². The Bertz CT molecular complexity index is 1390. The molecule has 3 aromatic rings. The summed E-state index contributed by atoms with van der Waals surface area (Å²) in [5.41, 5.74) is 4.13. The maximum atomic E-state index is 12.9. The summed E-state index contributed by atoms with van der Waals surface area (Å²) in [5.74, 6) is -1.21. The number of hydrogen-bond donors (Lipinski definition) is 2. The lowest BCUT2D eigenvalue weighted by Crippen LogP contribution is -2.41. The van der Waals surface area contributed by atoms with Crippen molar-refractivity contribution in [3.8, 4) is 11.1 Å². The molecule has 1 saturated heterocycles. The first-order valence-corrected chi connectivity index (χ1v) is 12.9. The van der Waals surface area contributed by atoms with E-state index in [0.29, 0.717) is 11.0 Å². The van der Waals surface area contributed by atoms with Gasteiger partial charge in [0.15, 0.2) is 5.69 Å². The summed E-state index contributed by atoms with van der Waals surface area (Å²) in [6, 6.07) is 19.6. The van der Waals surface area contributed by atoms with Gasteiger partial charge in [0.2, 0.25) is 0 Å². The van der Waals surface area contributed by atoms with E-state index in [1.54, 1.807) is 18.2 Å². The smallest absolute Gasteiger partial charge is 0.476 e. The molecule has 8 nitrogen and oxygen atoms in total. The lowest BCUT2D eigenvalue weighted by molar-refractivity contribution is 0.00578. The van der Waals surface area contributed by atoms with Gasteiger partial charge in [-0.05, 0) is 61.5 Å². The van der Waals surface area contributed by atoms with Crippen LogP contribution in [0.4, 0.5) is 4.79 Å². The van der Waals surface area contributed by atoms with Crippen LogP contribution in [0.5, 0.6) is 0 Å². The molecule has 200 valence electrons. The topological polar surface area (TPSA) is 107 Å². The molecule has 9 heteroatoms. The molecular weight excluding hydrogens is 495 g/mol. The third-order valence-corrected chi connectivity index (χ3v) is 7.72. The number of benzene rings is 2. The number of nitrogens with one attached hydrogen (secondary N) is 1. The second kappa shape index (κ2) is 10.3. The first-order valence-electron chi connectivity index (χ1n) is 12.9. The van der Waals surface area contributed by atoms with E-state index in [2.05, 4.69) is 34.6 Å². The standard InChI is InChI=1S/C30H31BN2O6/c1-29(2)30(3,4)39-31(38-29)20(16-19-10-9-15-32-26(19)27(34)35)17-33-28(36)37-18-25-23-13-7-5-11-21(23)22-12-6-8-14-24(22)25/h5-16,25H,17-18H2,1-4H3,(H,33,36)(H,34,35). The van der Waals surface area contributed by atoms with E-state index in [1.165, 1.54) is 6.20 Å². The van der Waals surface area contributed by atoms with Gasteiger partial charge in [-0.15, -0.1) is 0 Å². The molecule has 1 amide bonds. The Morgan fingerprint density at radius 3 is 2.15 bits per heavy atom. The van der Waals surface area contributed by atoms with Crippen LogP contribution in [0.3, 0.4) is 0 Å². The fourth-order valence-electron chi connectivity index (χ4n) is 4.93. The largest absolute Gasteiger partial charge is 0.492 e. The maximum absolute atomic E-state index is 12.9. The van der Waals surface area contributed by atoms with Gasteiger partial charge < -0.3 is 24.5 Å². The third-order valence-electron chi connectivity index (χ3n) is 7.72. The number of carbonyl (C=O) groups excluding carboxylic acids is 1. The molecule has 0 atom stereocenters. The average molecular weight is 526 g/mol. The molecule has 1 fully saturated rings. The summed E-state index contributed by atoms with van der Waals surface area (Å²) >= 11 is 0. The van der Waals surface area contributed by atoms with Crippen LogP contribution in [0.1, 0.15) is 60.8 Å². The zero-order valence-electron chi connectivity index (χ0n) is 22.4. The summed E-state index contributed by atoms with van der Waals surface area (Å²) in [6.07, 6.45) is 2.47. The number of carboxylic acid groups (broad SMARTS) is 1. The zero-order chi connectivity index (χ0) is 27.8. The quantitative estimate of drug-likeness (QED) is 0.401. The van der Waals surface area contributed by atoms with Gasteiger partial charge in [-0.3, -0.25) is 0 Å². The van der Waals surface area contributed by atoms with Gasteiger partial charge in [0.05, 0.1) is 11.2 Å². The second-order valence-corrected chi connectivity index (χ2v) is 10.7. The summed E-state index contributed by atoms with van der Waals surface area (Å²) in [6.45, 7) is 7.92. The molecule has 0 bridgehead atoms. The van der Waals surface area contributed by atoms with Crippen LogP contribution in [0.15, 0.2) is 72.3 Å². The Kier molecular flexibility index (Phi) is 7.05. The monoisotopic (exact) mass is 526 g/mol. The van der Waals surface area contributed by atoms with Crippen molar-refractivity contribution in [3.63, 3.8) is 0 Å². The number of alkyl carbamates (subject to hydrolysis) is 1. The summed E-state index contributed by atoms with van der Waals surface area (Å²) in [4.78, 5) is 28.6. The molecule has 2 aliphatic rings. The van der Waals surface area contributed by atoms with Crippen molar-refractivity contribution in [2.24, 2.45) is 0 Å². The Hall–Kier alpha value is -3.95. The molecule has 5 rings (SSSR count). The molecule has 0 unspecified atom stereocenters. The number of aromatic nitrogens is 1. The predicted octanol–water partition coefficient (Wildman–Crippen LogP) is 5.33. The molecule has 39 heavy (non-hydrogen) atoms. The summed E-state index contributed by atoms with van der Waals surface area (Å²) in [5, 5.41) is 12.4. The SMILES string of the molecule is CC1(C)OB(C(=Cc2cccnc2C(=O)O)CNC(=O)OCC2c3ccccc3-c3ccccc32)OC1(C)C. The normalized spacial score (nSPS) is 17.4. The number of carbonyl (C=O) groups is 2. The first kappa shape index (κ1) is 26.7. The van der Waals surface area contributed by atoms with E-state index in [9.17, 15) is 14.7 Å². The fourth-order valence-corrected chi connectivity index (χ4v) is 4.93. The number of amides is 1. The minimum Gasteiger partial charge on any atom is -0.476 e. The second-order valence-electron chi connectivity index (χ2n) is 10.7. The van der Waals surface area contributed by atoms with Crippen LogP contribution in [-0.4, -0.2) is 53.6 Å². The van der Waals surface area contributed by atoms with Crippen LogP contribution in [0, 0.1) is 0 Å². The molecule has 1 aliphatic heterocycles. The van der Waals surface area contributed by atoms with E-state index in [-0.39, 0.29) is 24.8 Å². The Balaban J connectivity index is 1.33. The van der Waals surface area contributed by atoms with E-state index < -0.39 is 30.4 Å². The highest BCUT2D eigenvalue weighted by Crippen LogP contribution is 2.44. The number of fused-ring (bicyclic) bond motifs is 3. The molecular formula is C30H31BN2O6. The minimum atomic E-state index is -1.15. The number of nitrogens with zero attached hydrogens (tertiary/aromatic N) is 1. The lowest BCUT2D eigenvalue weighted by atomic mass is 9.77. The van der Waals surface area contributed by atoms with Crippen LogP contribution in [0.2, 0.25) is 0 Å². The molecule has 0 saturated carbocycles. The fraction of sp³-hybridized carbons (Fsp3) is 0.300. The van der Waals surface area contributed by atoms with Crippen molar-refractivity contribution in [3.05, 3.63) is 94.7 Å². The number of rotatable bonds is 7. The van der Waals surface area contributed by atoms with Crippen LogP contribution >= 0.6 is 0 Å². The highest BCUT2D eigenvalue weighted by atomic mass is 16.7. The summed E-state index contributed by atoms with van der Waals surface area (Å²) < 4.78 is 18.1. The van der Waals surface area contributed by atoms with E-state index >= 15 is 0 Å². The first-order chi connectivity index (χ1) is 18.6. The Morgan fingerprint density at radius 1 is 0.974 bits per heavy atom. The molecule has 2 heterocycles. The van der Waals surface area contributed by atoms with Gasteiger partial charge in [-0.25, -0.2) is 14.6 Å². The highest BCUT2D eigenvalue weighted by molar-refractivity contribution is 6.56. The van der Waals surface area contributed by atoms with E-state index in [0.717, 1.165) is 22.3 Å². The van der Waals surface area contributed by atoms with Crippen LogP contribution in [0.25, 0.3) is 17.2 Å². The molecule has 1 aromatic heterocycles. The molecule has 2 aromatic carbocycles. The number of ether oxygens (including phenoxy) is 1. The lowest BCUT2D eigenvalue weighted by Gasteiger charge is -2.32. The minimum absolute atomic E-state index is 0.0292.